The molecule has 0 atom stereocenters. The molecule has 6 nitrogen and oxygen atoms in total. The van der Waals surface area contributed by atoms with Gasteiger partial charge in [0.25, 0.3) is 0 Å². The first-order valence-electron chi connectivity index (χ1n) is 6.92. The lowest BCUT2D eigenvalue weighted by molar-refractivity contribution is 0.372. The van der Waals surface area contributed by atoms with Gasteiger partial charge in [0.15, 0.2) is 17.3 Å². The molecule has 24 heavy (non-hydrogen) atoms. The fraction of sp³-hybridized carbons (Fsp3) is 0.125. The summed E-state index contributed by atoms with van der Waals surface area (Å²) in [6.07, 6.45) is 3.28. The Bertz CT molecular complexity index is 942. The molecular formula is C16H14BrN3O3S. The molecule has 0 saturated carbocycles. The van der Waals surface area contributed by atoms with Crippen molar-refractivity contribution in [2.75, 3.05) is 14.2 Å². The van der Waals surface area contributed by atoms with Crippen LogP contribution in [-0.2, 0) is 0 Å². The number of rotatable bonds is 4. The van der Waals surface area contributed by atoms with Crippen LogP contribution in [0.15, 0.2) is 54.9 Å². The Kier molecular flexibility index (Phi) is 4.86. The van der Waals surface area contributed by atoms with Crippen LogP contribution in [0.2, 0.25) is 0 Å². The van der Waals surface area contributed by atoms with Gasteiger partial charge in [-0.1, -0.05) is 0 Å². The third-order valence-corrected chi connectivity index (χ3v) is 4.76. The maximum absolute atomic E-state index is 9.88. The van der Waals surface area contributed by atoms with E-state index in [9.17, 15) is 5.11 Å². The van der Waals surface area contributed by atoms with Crippen LogP contribution in [0.5, 0.6) is 11.5 Å². The summed E-state index contributed by atoms with van der Waals surface area (Å²) in [7, 11) is 3.21. The summed E-state index contributed by atoms with van der Waals surface area (Å²) in [5.41, 5.74) is 1.58. The fourth-order valence-corrected chi connectivity index (χ4v) is 3.35. The molecule has 0 fully saturated rings. The average Bonchev–Trinajstić information content (AvgIpc) is 3.24. The number of aromatic hydroxyl groups is 1. The number of aromatic nitrogens is 1. The van der Waals surface area contributed by atoms with Crippen LogP contribution in [0.4, 0.5) is 0 Å². The second-order valence-corrected chi connectivity index (χ2v) is 6.41. The fourth-order valence-electron chi connectivity index (χ4n) is 2.11. The van der Waals surface area contributed by atoms with E-state index in [4.69, 9.17) is 9.15 Å². The van der Waals surface area contributed by atoms with E-state index in [1.807, 2.05) is 17.5 Å². The number of methoxy groups -OCH3 is 1. The van der Waals surface area contributed by atoms with Crippen LogP contribution in [-0.4, -0.2) is 30.2 Å². The standard InChI is InChI=1S/C16H14BrN3O3S/c1-18-16-20(12(9-24-16)13-4-3-5-23-13)19-8-10-6-11(17)15(21)14(7-10)22-2/h3-9,21H,1-2H3/b18-16?,19-8+. The smallest absolute Gasteiger partial charge is 0.206 e. The van der Waals surface area contributed by atoms with Gasteiger partial charge in [-0.05, 0) is 45.8 Å². The number of hydrogen-bond donors (Lipinski definition) is 1. The largest absolute Gasteiger partial charge is 0.503 e. The first-order valence-corrected chi connectivity index (χ1v) is 8.59. The lowest BCUT2D eigenvalue weighted by Crippen LogP contribution is -2.11. The predicted octanol–water partition coefficient (Wildman–Crippen LogP) is 3.70. The molecule has 3 aromatic rings. The van der Waals surface area contributed by atoms with Gasteiger partial charge >= 0.3 is 0 Å². The SMILES string of the molecule is CN=c1scc(-c2ccco2)n1/N=C/c1cc(Br)c(O)c(OC)c1. The molecule has 0 radical (unpaired) electrons. The Morgan fingerprint density at radius 1 is 1.42 bits per heavy atom. The quantitative estimate of drug-likeness (QED) is 0.670. The minimum Gasteiger partial charge on any atom is -0.503 e. The molecule has 8 heteroatoms. The highest BCUT2D eigenvalue weighted by Gasteiger charge is 2.10. The second-order valence-electron chi connectivity index (χ2n) is 4.71. The van der Waals surface area contributed by atoms with Crippen LogP contribution in [0, 0.1) is 0 Å². The van der Waals surface area contributed by atoms with Crippen LogP contribution in [0.1, 0.15) is 5.56 Å². The Morgan fingerprint density at radius 2 is 2.25 bits per heavy atom. The van der Waals surface area contributed by atoms with E-state index in [2.05, 4.69) is 26.0 Å². The number of thiazole rings is 1. The number of ether oxygens (including phenoxy) is 1. The highest BCUT2D eigenvalue weighted by atomic mass is 79.9. The van der Waals surface area contributed by atoms with Crippen molar-refractivity contribution in [1.82, 2.24) is 4.68 Å². The zero-order valence-electron chi connectivity index (χ0n) is 12.9. The van der Waals surface area contributed by atoms with Crippen LogP contribution in [0.3, 0.4) is 0 Å². The molecule has 1 aromatic carbocycles. The molecule has 0 spiro atoms. The van der Waals surface area contributed by atoms with Gasteiger partial charge in [0.05, 0.1) is 24.1 Å². The second kappa shape index (κ2) is 7.06. The molecule has 0 saturated heterocycles. The number of phenolic OH excluding ortho intramolecular Hbond substituents is 1. The van der Waals surface area contributed by atoms with E-state index >= 15 is 0 Å². The minimum atomic E-state index is 0.0540. The van der Waals surface area contributed by atoms with Crippen molar-refractivity contribution in [2.45, 2.75) is 0 Å². The molecule has 0 aliphatic carbocycles. The number of halogens is 1. The van der Waals surface area contributed by atoms with E-state index in [1.165, 1.54) is 18.4 Å². The summed E-state index contributed by atoms with van der Waals surface area (Å²) in [4.78, 5) is 4.97. The molecule has 0 aliphatic heterocycles. The molecule has 0 aliphatic rings. The maximum atomic E-state index is 9.88. The highest BCUT2D eigenvalue weighted by molar-refractivity contribution is 9.10. The van der Waals surface area contributed by atoms with Gasteiger partial charge in [-0.25, -0.2) is 4.68 Å². The van der Waals surface area contributed by atoms with Gasteiger partial charge in [-0.3, -0.25) is 4.99 Å². The van der Waals surface area contributed by atoms with Gasteiger partial charge in [-0.15, -0.1) is 11.3 Å². The summed E-state index contributed by atoms with van der Waals surface area (Å²) in [6, 6.07) is 7.15. The molecule has 0 amide bonds. The third-order valence-electron chi connectivity index (χ3n) is 3.24. The monoisotopic (exact) mass is 407 g/mol. The maximum Gasteiger partial charge on any atom is 0.206 e. The van der Waals surface area contributed by atoms with E-state index in [0.717, 1.165) is 16.1 Å². The first kappa shape index (κ1) is 16.5. The normalized spacial score (nSPS) is 12.2. The van der Waals surface area contributed by atoms with Crippen molar-refractivity contribution < 1.29 is 14.3 Å². The molecule has 3 rings (SSSR count). The minimum absolute atomic E-state index is 0.0540. The van der Waals surface area contributed by atoms with Gasteiger partial charge in [-0.2, -0.15) is 5.10 Å². The van der Waals surface area contributed by atoms with Crippen LogP contribution < -0.4 is 9.54 Å². The lowest BCUT2D eigenvalue weighted by Gasteiger charge is -2.06. The van der Waals surface area contributed by atoms with Crippen molar-refractivity contribution >= 4 is 33.5 Å². The molecule has 124 valence electrons. The molecule has 2 aromatic heterocycles. The molecule has 0 bridgehead atoms. The van der Waals surface area contributed by atoms with E-state index in [1.54, 1.807) is 36.3 Å². The summed E-state index contributed by atoms with van der Waals surface area (Å²) >= 11 is 4.77. The summed E-state index contributed by atoms with van der Waals surface area (Å²) in [5.74, 6) is 1.13. The average molecular weight is 408 g/mol. The third kappa shape index (κ3) is 3.15. The van der Waals surface area contributed by atoms with Crippen LogP contribution >= 0.6 is 27.3 Å². The van der Waals surface area contributed by atoms with E-state index in [-0.39, 0.29) is 5.75 Å². The number of phenols is 1. The van der Waals surface area contributed by atoms with Crippen molar-refractivity contribution in [3.05, 3.63) is 50.7 Å². The summed E-state index contributed by atoms with van der Waals surface area (Å²) in [5, 5.41) is 16.3. The predicted molar refractivity (Wildman–Crippen MR) is 96.8 cm³/mol. The van der Waals surface area contributed by atoms with Gasteiger partial charge in [0.2, 0.25) is 4.80 Å². The van der Waals surface area contributed by atoms with E-state index < -0.39 is 0 Å². The zero-order valence-corrected chi connectivity index (χ0v) is 15.3. The van der Waals surface area contributed by atoms with Crippen molar-refractivity contribution in [2.24, 2.45) is 10.1 Å². The molecule has 0 unspecified atom stereocenters. The lowest BCUT2D eigenvalue weighted by atomic mass is 10.2. The van der Waals surface area contributed by atoms with Crippen molar-refractivity contribution in [1.29, 1.82) is 0 Å². The molecular weight excluding hydrogens is 394 g/mol. The van der Waals surface area contributed by atoms with Gasteiger partial charge < -0.3 is 14.3 Å². The van der Waals surface area contributed by atoms with Gasteiger partial charge in [0.1, 0.15) is 5.69 Å². The molecule has 1 N–H and O–H groups in total. The summed E-state index contributed by atoms with van der Waals surface area (Å²) in [6.45, 7) is 0. The van der Waals surface area contributed by atoms with Gasteiger partial charge in [0, 0.05) is 12.4 Å². The first-order chi connectivity index (χ1) is 11.6. The van der Waals surface area contributed by atoms with E-state index in [0.29, 0.717) is 16.0 Å². The highest BCUT2D eigenvalue weighted by Crippen LogP contribution is 2.34. The van der Waals surface area contributed by atoms with Crippen LogP contribution in [0.25, 0.3) is 11.5 Å². The molecule has 2 heterocycles. The topological polar surface area (TPSA) is 72.2 Å². The Morgan fingerprint density at radius 3 is 2.92 bits per heavy atom. The number of nitrogens with zero attached hydrogens (tertiary/aromatic N) is 3. The summed E-state index contributed by atoms with van der Waals surface area (Å²) < 4.78 is 12.8. The van der Waals surface area contributed by atoms with Crippen molar-refractivity contribution in [3.63, 3.8) is 0 Å². The Labute approximate surface area is 150 Å². The Balaban J connectivity index is 2.04. The van der Waals surface area contributed by atoms with Crippen molar-refractivity contribution in [3.8, 4) is 23.0 Å². The number of hydrogen-bond acceptors (Lipinski definition) is 6. The Hall–Kier alpha value is -2.32. The number of benzene rings is 1. The number of furan rings is 1. The zero-order chi connectivity index (χ0) is 17.1.